The number of ether oxygens (including phenoxy) is 3. The largest absolute Gasteiger partial charge is 1.00 e. The molecule has 0 bridgehead atoms. The maximum absolute atomic E-state index is 6.01. The second-order valence-corrected chi connectivity index (χ2v) is 6.17. The highest BCUT2D eigenvalue weighted by atomic mass is 35.5. The van der Waals surface area contributed by atoms with E-state index in [1.54, 1.807) is 0 Å². The van der Waals surface area contributed by atoms with Gasteiger partial charge >= 0.3 is 0 Å². The van der Waals surface area contributed by atoms with Gasteiger partial charge in [-0.05, 0) is 29.3 Å². The Bertz CT molecular complexity index is 870. The minimum absolute atomic E-state index is 0. The average molecular weight is 383 g/mol. The van der Waals surface area contributed by atoms with Crippen molar-refractivity contribution in [2.24, 2.45) is 0 Å². The van der Waals surface area contributed by atoms with Gasteiger partial charge in [-0.15, -0.1) is 0 Å². The molecule has 0 aromatic heterocycles. The Balaban J connectivity index is 0.00000210. The van der Waals surface area contributed by atoms with Crippen molar-refractivity contribution in [1.82, 2.24) is 5.32 Å². The van der Waals surface area contributed by atoms with Crippen molar-refractivity contribution in [2.45, 2.75) is 19.7 Å². The number of fused-ring (bicyclic) bond motifs is 1. The Morgan fingerprint density at radius 3 is 2.44 bits per heavy atom. The van der Waals surface area contributed by atoms with E-state index in [0.717, 1.165) is 47.0 Å². The number of nitrogens with one attached hydrogen (secondary N) is 1. The van der Waals surface area contributed by atoms with Crippen molar-refractivity contribution in [2.75, 3.05) is 6.79 Å². The van der Waals surface area contributed by atoms with Gasteiger partial charge in [0.2, 0.25) is 6.79 Å². The molecular formula is C22H21ClNO3-. The van der Waals surface area contributed by atoms with Crippen molar-refractivity contribution < 1.29 is 26.6 Å². The highest BCUT2D eigenvalue weighted by Crippen LogP contribution is 2.32. The normalized spacial score (nSPS) is 11.7. The molecular weight excluding hydrogens is 362 g/mol. The average Bonchev–Trinajstić information content (AvgIpc) is 3.16. The van der Waals surface area contributed by atoms with Crippen molar-refractivity contribution in [3.63, 3.8) is 0 Å². The number of hydrogen-bond acceptors (Lipinski definition) is 4. The lowest BCUT2D eigenvalue weighted by Gasteiger charge is -2.12. The summed E-state index contributed by atoms with van der Waals surface area (Å²) in [5.74, 6) is 2.54. The smallest absolute Gasteiger partial charge is 0.231 e. The van der Waals surface area contributed by atoms with Gasteiger partial charge in [-0.3, -0.25) is 0 Å². The minimum Gasteiger partial charge on any atom is -1.00 e. The van der Waals surface area contributed by atoms with Gasteiger partial charge in [-0.1, -0.05) is 54.6 Å². The summed E-state index contributed by atoms with van der Waals surface area (Å²) < 4.78 is 16.8. The van der Waals surface area contributed by atoms with Crippen LogP contribution in [0.15, 0.2) is 72.8 Å². The lowest BCUT2D eigenvalue weighted by molar-refractivity contribution is -0.00000708. The minimum atomic E-state index is 0. The van der Waals surface area contributed by atoms with Gasteiger partial charge < -0.3 is 31.9 Å². The van der Waals surface area contributed by atoms with Crippen LogP contribution in [-0.2, 0) is 19.7 Å². The van der Waals surface area contributed by atoms with E-state index in [4.69, 9.17) is 14.2 Å². The summed E-state index contributed by atoms with van der Waals surface area (Å²) >= 11 is 0. The van der Waals surface area contributed by atoms with Crippen LogP contribution in [0.4, 0.5) is 0 Å². The lowest BCUT2D eigenvalue weighted by Crippen LogP contribution is -3.00. The number of benzene rings is 3. The summed E-state index contributed by atoms with van der Waals surface area (Å²) in [6.07, 6.45) is 0. The Labute approximate surface area is 165 Å². The highest BCUT2D eigenvalue weighted by Gasteiger charge is 2.13. The van der Waals surface area contributed by atoms with E-state index in [1.807, 2.05) is 48.5 Å². The van der Waals surface area contributed by atoms with Crippen LogP contribution in [0.5, 0.6) is 17.2 Å². The molecule has 4 nitrogen and oxygen atoms in total. The zero-order valence-corrected chi connectivity index (χ0v) is 15.6. The molecule has 0 spiro atoms. The zero-order chi connectivity index (χ0) is 17.6. The molecule has 0 aliphatic carbocycles. The Morgan fingerprint density at radius 2 is 1.56 bits per heavy atom. The fraction of sp³-hybridized carbons (Fsp3) is 0.182. The molecule has 0 amide bonds. The molecule has 3 aromatic carbocycles. The van der Waals surface area contributed by atoms with E-state index in [9.17, 15) is 0 Å². The van der Waals surface area contributed by atoms with Crippen LogP contribution in [0.1, 0.15) is 16.7 Å². The zero-order valence-electron chi connectivity index (χ0n) is 14.9. The SMILES string of the molecule is [Cl-].c1ccc(COc2ccccc2CNCc2ccc3c(c2)OCO3)cc1. The predicted molar refractivity (Wildman–Crippen MR) is 100 cm³/mol. The fourth-order valence-corrected chi connectivity index (χ4v) is 2.92. The predicted octanol–water partition coefficient (Wildman–Crippen LogP) is 1.29. The van der Waals surface area contributed by atoms with Crippen molar-refractivity contribution in [1.29, 1.82) is 0 Å². The molecule has 1 aliphatic heterocycles. The number of rotatable bonds is 7. The topological polar surface area (TPSA) is 39.7 Å². The van der Waals surface area contributed by atoms with E-state index in [0.29, 0.717) is 13.4 Å². The van der Waals surface area contributed by atoms with Crippen LogP contribution in [0.2, 0.25) is 0 Å². The third-order valence-electron chi connectivity index (χ3n) is 4.29. The molecule has 0 saturated heterocycles. The molecule has 3 aromatic rings. The second kappa shape index (κ2) is 9.31. The molecule has 1 heterocycles. The number of halogens is 1. The summed E-state index contributed by atoms with van der Waals surface area (Å²) in [5, 5.41) is 3.47. The van der Waals surface area contributed by atoms with Gasteiger partial charge in [-0.2, -0.15) is 0 Å². The third kappa shape index (κ3) is 4.94. The van der Waals surface area contributed by atoms with Crippen LogP contribution >= 0.6 is 0 Å². The number of para-hydroxylation sites is 1. The number of hydrogen-bond donors (Lipinski definition) is 1. The molecule has 27 heavy (non-hydrogen) atoms. The molecule has 1 N–H and O–H groups in total. The van der Waals surface area contributed by atoms with Gasteiger partial charge in [-0.25, -0.2) is 0 Å². The first kappa shape index (κ1) is 19.1. The summed E-state index contributed by atoms with van der Waals surface area (Å²) in [6, 6.07) is 24.4. The molecule has 0 saturated carbocycles. The first-order valence-electron chi connectivity index (χ1n) is 8.72. The molecule has 0 unspecified atom stereocenters. The highest BCUT2D eigenvalue weighted by molar-refractivity contribution is 5.44. The van der Waals surface area contributed by atoms with Gasteiger partial charge in [0.1, 0.15) is 12.4 Å². The van der Waals surface area contributed by atoms with Crippen LogP contribution in [-0.4, -0.2) is 6.79 Å². The monoisotopic (exact) mass is 382 g/mol. The molecule has 5 heteroatoms. The summed E-state index contributed by atoms with van der Waals surface area (Å²) in [6.45, 7) is 2.36. The van der Waals surface area contributed by atoms with Gasteiger partial charge in [0.15, 0.2) is 11.5 Å². The van der Waals surface area contributed by atoms with E-state index >= 15 is 0 Å². The summed E-state index contributed by atoms with van der Waals surface area (Å²) in [7, 11) is 0. The van der Waals surface area contributed by atoms with Crippen LogP contribution in [0.25, 0.3) is 0 Å². The van der Waals surface area contributed by atoms with E-state index < -0.39 is 0 Å². The molecule has 4 rings (SSSR count). The van der Waals surface area contributed by atoms with Crippen LogP contribution in [0, 0.1) is 0 Å². The third-order valence-corrected chi connectivity index (χ3v) is 4.29. The molecule has 1 aliphatic rings. The van der Waals surface area contributed by atoms with Gasteiger partial charge in [0, 0.05) is 18.7 Å². The molecule has 0 atom stereocenters. The molecule has 0 fully saturated rings. The lowest BCUT2D eigenvalue weighted by atomic mass is 10.1. The Hall–Kier alpha value is -2.69. The van der Waals surface area contributed by atoms with Crippen molar-refractivity contribution >= 4 is 0 Å². The molecule has 140 valence electrons. The maximum Gasteiger partial charge on any atom is 0.231 e. The van der Waals surface area contributed by atoms with Crippen LogP contribution < -0.4 is 31.9 Å². The van der Waals surface area contributed by atoms with E-state index in [2.05, 4.69) is 29.6 Å². The van der Waals surface area contributed by atoms with Crippen molar-refractivity contribution in [3.8, 4) is 17.2 Å². The maximum atomic E-state index is 6.01. The molecule has 0 radical (unpaired) electrons. The Morgan fingerprint density at radius 1 is 0.778 bits per heavy atom. The summed E-state index contributed by atoms with van der Waals surface area (Å²) in [5.41, 5.74) is 3.47. The van der Waals surface area contributed by atoms with E-state index in [1.165, 1.54) is 0 Å². The fourth-order valence-electron chi connectivity index (χ4n) is 2.92. The quantitative estimate of drug-likeness (QED) is 0.668. The van der Waals surface area contributed by atoms with Crippen LogP contribution in [0.3, 0.4) is 0 Å². The second-order valence-electron chi connectivity index (χ2n) is 6.17. The van der Waals surface area contributed by atoms with Crippen molar-refractivity contribution in [3.05, 3.63) is 89.5 Å². The first-order chi connectivity index (χ1) is 12.9. The standard InChI is InChI=1S/C22H21NO3.ClH/c1-2-6-17(7-3-1)15-24-20-9-5-4-8-19(20)14-23-13-18-10-11-21-22(12-18)26-16-25-21;/h1-12,23H,13-16H2;1H/p-1. The van der Waals surface area contributed by atoms with Gasteiger partial charge in [0.25, 0.3) is 0 Å². The first-order valence-corrected chi connectivity index (χ1v) is 8.72. The summed E-state index contributed by atoms with van der Waals surface area (Å²) in [4.78, 5) is 0. The van der Waals surface area contributed by atoms with E-state index in [-0.39, 0.29) is 12.4 Å². The Kier molecular flexibility index (Phi) is 6.58. The van der Waals surface area contributed by atoms with Gasteiger partial charge in [0.05, 0.1) is 0 Å².